The summed E-state index contributed by atoms with van der Waals surface area (Å²) >= 11 is 0. The zero-order valence-corrected chi connectivity index (χ0v) is 15.9. The van der Waals surface area contributed by atoms with Crippen LogP contribution in [-0.2, 0) is 10.0 Å². The Labute approximate surface area is 158 Å². The van der Waals surface area contributed by atoms with E-state index in [0.717, 1.165) is 17.2 Å². The highest BCUT2D eigenvalue weighted by atomic mass is 32.2. The average molecular weight is 383 g/mol. The van der Waals surface area contributed by atoms with Crippen LogP contribution in [0.25, 0.3) is 5.82 Å². The summed E-state index contributed by atoms with van der Waals surface area (Å²) in [5, 5.41) is 8.56. The van der Waals surface area contributed by atoms with E-state index in [-0.39, 0.29) is 0 Å². The van der Waals surface area contributed by atoms with Crippen LogP contribution in [0.4, 0.5) is 5.82 Å². The van der Waals surface area contributed by atoms with E-state index >= 15 is 0 Å². The molecule has 4 rings (SSSR count). The molecule has 0 atom stereocenters. The normalized spacial score (nSPS) is 15.8. The van der Waals surface area contributed by atoms with Crippen molar-refractivity contribution in [1.29, 1.82) is 0 Å². The SMILES string of the molecule is Cc1ccc(S(=O)(=O)N2CCN(c3ccc(-n4cccc4)nn3)CC2)cc1. The van der Waals surface area contributed by atoms with Gasteiger partial charge in [0.05, 0.1) is 4.90 Å². The fraction of sp³-hybridized carbons (Fsp3) is 0.263. The molecule has 0 unspecified atom stereocenters. The second kappa shape index (κ2) is 7.13. The van der Waals surface area contributed by atoms with Gasteiger partial charge in [-0.1, -0.05) is 17.7 Å². The van der Waals surface area contributed by atoms with Gasteiger partial charge >= 0.3 is 0 Å². The number of piperazine rings is 1. The molecule has 3 aromatic rings. The molecule has 8 heteroatoms. The molecule has 1 aromatic carbocycles. The first kappa shape index (κ1) is 17.7. The van der Waals surface area contributed by atoms with Gasteiger partial charge in [0.1, 0.15) is 0 Å². The summed E-state index contributed by atoms with van der Waals surface area (Å²) in [6.07, 6.45) is 3.83. The van der Waals surface area contributed by atoms with Gasteiger partial charge < -0.3 is 9.47 Å². The van der Waals surface area contributed by atoms with Crippen molar-refractivity contribution in [2.75, 3.05) is 31.1 Å². The minimum atomic E-state index is -3.45. The smallest absolute Gasteiger partial charge is 0.243 e. The van der Waals surface area contributed by atoms with Gasteiger partial charge in [-0.3, -0.25) is 0 Å². The van der Waals surface area contributed by atoms with Gasteiger partial charge in [-0.2, -0.15) is 4.31 Å². The van der Waals surface area contributed by atoms with Crippen molar-refractivity contribution in [2.45, 2.75) is 11.8 Å². The second-order valence-corrected chi connectivity index (χ2v) is 8.48. The van der Waals surface area contributed by atoms with Gasteiger partial charge in [-0.25, -0.2) is 8.42 Å². The molecule has 2 aromatic heterocycles. The average Bonchev–Trinajstić information content (AvgIpc) is 3.23. The van der Waals surface area contributed by atoms with Crippen molar-refractivity contribution in [3.8, 4) is 5.82 Å². The maximum atomic E-state index is 12.8. The molecule has 0 radical (unpaired) electrons. The third-order valence-electron chi connectivity index (χ3n) is 4.73. The quantitative estimate of drug-likeness (QED) is 0.690. The number of aryl methyl sites for hydroxylation is 1. The number of nitrogens with zero attached hydrogens (tertiary/aromatic N) is 5. The highest BCUT2D eigenvalue weighted by molar-refractivity contribution is 7.89. The van der Waals surface area contributed by atoms with Gasteiger partial charge in [0.2, 0.25) is 10.0 Å². The number of rotatable bonds is 4. The predicted octanol–water partition coefficient (Wildman–Crippen LogP) is 2.09. The highest BCUT2D eigenvalue weighted by Gasteiger charge is 2.28. The number of hydrogen-bond donors (Lipinski definition) is 0. The Bertz CT molecular complexity index is 991. The molecule has 0 spiro atoms. The standard InChI is InChI=1S/C19H21N5O2S/c1-16-4-6-17(7-5-16)27(25,26)24-14-12-23(13-15-24)19-9-8-18(20-21-19)22-10-2-3-11-22/h2-11H,12-15H2,1H3. The molecule has 0 amide bonds. The molecule has 27 heavy (non-hydrogen) atoms. The monoisotopic (exact) mass is 383 g/mol. The molecule has 0 bridgehead atoms. The van der Waals surface area contributed by atoms with E-state index in [2.05, 4.69) is 15.1 Å². The Balaban J connectivity index is 1.43. The van der Waals surface area contributed by atoms with E-state index < -0.39 is 10.0 Å². The Morgan fingerprint density at radius 3 is 2.00 bits per heavy atom. The summed E-state index contributed by atoms with van der Waals surface area (Å²) in [5.74, 6) is 1.52. The summed E-state index contributed by atoms with van der Waals surface area (Å²) in [6, 6.07) is 14.7. The molecule has 7 nitrogen and oxygen atoms in total. The molecule has 0 N–H and O–H groups in total. The first-order valence-corrected chi connectivity index (χ1v) is 10.3. The molecular weight excluding hydrogens is 362 g/mol. The summed E-state index contributed by atoms with van der Waals surface area (Å²) in [6.45, 7) is 3.97. The highest BCUT2D eigenvalue weighted by Crippen LogP contribution is 2.20. The van der Waals surface area contributed by atoms with E-state index in [4.69, 9.17) is 0 Å². The van der Waals surface area contributed by atoms with Crippen molar-refractivity contribution >= 4 is 15.8 Å². The van der Waals surface area contributed by atoms with E-state index in [9.17, 15) is 8.42 Å². The van der Waals surface area contributed by atoms with Crippen LogP contribution in [0.2, 0.25) is 0 Å². The van der Waals surface area contributed by atoms with Crippen LogP contribution in [0.15, 0.2) is 65.8 Å². The lowest BCUT2D eigenvalue weighted by Gasteiger charge is -2.34. The van der Waals surface area contributed by atoms with Gasteiger partial charge in [0, 0.05) is 38.6 Å². The molecule has 3 heterocycles. The summed E-state index contributed by atoms with van der Waals surface area (Å²) in [7, 11) is -3.45. The van der Waals surface area contributed by atoms with Crippen molar-refractivity contribution in [2.24, 2.45) is 0 Å². The molecular formula is C19H21N5O2S. The topological polar surface area (TPSA) is 71.3 Å². The minimum absolute atomic E-state index is 0.345. The largest absolute Gasteiger partial charge is 0.352 e. The van der Waals surface area contributed by atoms with Crippen LogP contribution in [0.3, 0.4) is 0 Å². The third-order valence-corrected chi connectivity index (χ3v) is 6.64. The van der Waals surface area contributed by atoms with E-state index in [0.29, 0.717) is 31.1 Å². The maximum Gasteiger partial charge on any atom is 0.243 e. The number of anilines is 1. The fourth-order valence-corrected chi connectivity index (χ4v) is 4.55. The molecule has 1 aliphatic heterocycles. The lowest BCUT2D eigenvalue weighted by atomic mass is 10.2. The lowest BCUT2D eigenvalue weighted by Crippen LogP contribution is -2.49. The predicted molar refractivity (Wildman–Crippen MR) is 104 cm³/mol. The van der Waals surface area contributed by atoms with Gasteiger partial charge in [-0.05, 0) is 43.3 Å². The van der Waals surface area contributed by atoms with E-state index in [1.54, 1.807) is 12.1 Å². The summed E-state index contributed by atoms with van der Waals surface area (Å²) in [4.78, 5) is 2.41. The maximum absolute atomic E-state index is 12.8. The van der Waals surface area contributed by atoms with Gasteiger partial charge in [0.15, 0.2) is 11.6 Å². The van der Waals surface area contributed by atoms with Gasteiger partial charge in [0.25, 0.3) is 0 Å². The Hall–Kier alpha value is -2.71. The summed E-state index contributed by atoms with van der Waals surface area (Å²) in [5.41, 5.74) is 1.04. The second-order valence-electron chi connectivity index (χ2n) is 6.54. The van der Waals surface area contributed by atoms with Crippen LogP contribution < -0.4 is 4.90 Å². The molecule has 0 saturated carbocycles. The molecule has 0 aliphatic carbocycles. The number of sulfonamides is 1. The van der Waals surface area contributed by atoms with Crippen LogP contribution in [-0.4, -0.2) is 53.7 Å². The first-order valence-electron chi connectivity index (χ1n) is 8.83. The van der Waals surface area contributed by atoms with Crippen molar-refractivity contribution in [1.82, 2.24) is 19.1 Å². The fourth-order valence-electron chi connectivity index (χ4n) is 3.13. The lowest BCUT2D eigenvalue weighted by molar-refractivity contribution is 0.383. The van der Waals surface area contributed by atoms with Crippen molar-refractivity contribution < 1.29 is 8.42 Å². The molecule has 1 aliphatic rings. The van der Waals surface area contributed by atoms with Crippen LogP contribution in [0.5, 0.6) is 0 Å². The number of hydrogen-bond acceptors (Lipinski definition) is 5. The van der Waals surface area contributed by atoms with E-state index in [1.165, 1.54) is 4.31 Å². The first-order chi connectivity index (χ1) is 13.0. The summed E-state index contributed by atoms with van der Waals surface area (Å²) < 4.78 is 29.0. The molecule has 1 saturated heterocycles. The molecule has 140 valence electrons. The Morgan fingerprint density at radius 1 is 0.815 bits per heavy atom. The third kappa shape index (κ3) is 3.58. The van der Waals surface area contributed by atoms with Crippen molar-refractivity contribution in [3.63, 3.8) is 0 Å². The van der Waals surface area contributed by atoms with Gasteiger partial charge in [-0.15, -0.1) is 10.2 Å². The van der Waals surface area contributed by atoms with Crippen LogP contribution >= 0.6 is 0 Å². The van der Waals surface area contributed by atoms with E-state index in [1.807, 2.05) is 60.3 Å². The number of aromatic nitrogens is 3. The minimum Gasteiger partial charge on any atom is -0.352 e. The Kier molecular flexibility index (Phi) is 4.67. The zero-order chi connectivity index (χ0) is 18.9. The van der Waals surface area contributed by atoms with Crippen LogP contribution in [0, 0.1) is 6.92 Å². The molecule has 1 fully saturated rings. The number of benzene rings is 1. The Morgan fingerprint density at radius 2 is 1.41 bits per heavy atom. The zero-order valence-electron chi connectivity index (χ0n) is 15.1. The van der Waals surface area contributed by atoms with Crippen LogP contribution in [0.1, 0.15) is 5.56 Å². The van der Waals surface area contributed by atoms with Crippen molar-refractivity contribution in [3.05, 3.63) is 66.5 Å².